The molecule has 130 valence electrons. The molecule has 1 fully saturated rings. The van der Waals surface area contributed by atoms with Crippen LogP contribution in [0.15, 0.2) is 36.7 Å². The average molecular weight is 330 g/mol. The molecule has 0 aliphatic carbocycles. The molecule has 0 N–H and O–H groups in total. The predicted octanol–water partition coefficient (Wildman–Crippen LogP) is 3.25. The molecule has 3 rings (SSSR count). The summed E-state index contributed by atoms with van der Waals surface area (Å²) in [4.78, 5) is 4.46. The maximum absolute atomic E-state index is 6.03. The van der Waals surface area contributed by atoms with E-state index in [0.717, 1.165) is 49.6 Å². The van der Waals surface area contributed by atoms with Crippen LogP contribution in [0.4, 0.5) is 0 Å². The van der Waals surface area contributed by atoms with Crippen molar-refractivity contribution in [3.63, 3.8) is 0 Å². The zero-order valence-corrected chi connectivity index (χ0v) is 14.5. The van der Waals surface area contributed by atoms with Crippen molar-refractivity contribution in [2.75, 3.05) is 27.4 Å². The van der Waals surface area contributed by atoms with Crippen LogP contribution in [0.25, 0.3) is 0 Å². The number of imidazole rings is 1. The fraction of sp³-hybridized carbons (Fsp3) is 0.526. The summed E-state index contributed by atoms with van der Waals surface area (Å²) in [6, 6.07) is 8.15. The lowest BCUT2D eigenvalue weighted by Gasteiger charge is -2.31. The lowest BCUT2D eigenvalue weighted by molar-refractivity contribution is -0.0151. The molecule has 1 aromatic carbocycles. The number of ether oxygens (including phenoxy) is 3. The molecule has 5 nitrogen and oxygen atoms in total. The van der Waals surface area contributed by atoms with Crippen molar-refractivity contribution >= 4 is 0 Å². The summed E-state index contributed by atoms with van der Waals surface area (Å²) in [5.74, 6) is 2.58. The molecule has 2 heterocycles. The van der Waals surface area contributed by atoms with E-state index in [0.29, 0.717) is 12.5 Å². The van der Waals surface area contributed by atoms with Crippen molar-refractivity contribution in [3.05, 3.63) is 48.0 Å². The molecule has 1 aliphatic rings. The van der Waals surface area contributed by atoms with Crippen molar-refractivity contribution in [2.45, 2.75) is 31.9 Å². The minimum Gasteiger partial charge on any atom is -0.496 e. The fourth-order valence-corrected chi connectivity index (χ4v) is 3.39. The van der Waals surface area contributed by atoms with Crippen LogP contribution in [0.2, 0.25) is 0 Å². The monoisotopic (exact) mass is 330 g/mol. The third-order valence-corrected chi connectivity index (χ3v) is 4.66. The van der Waals surface area contributed by atoms with Gasteiger partial charge in [0.2, 0.25) is 0 Å². The van der Waals surface area contributed by atoms with Gasteiger partial charge in [0.05, 0.1) is 19.8 Å². The Morgan fingerprint density at radius 2 is 2.17 bits per heavy atom. The molecule has 24 heavy (non-hydrogen) atoms. The van der Waals surface area contributed by atoms with E-state index < -0.39 is 0 Å². The first-order chi connectivity index (χ1) is 11.8. The number of hydrogen-bond acceptors (Lipinski definition) is 4. The number of methoxy groups -OCH3 is 2. The van der Waals surface area contributed by atoms with Crippen LogP contribution in [0.5, 0.6) is 5.75 Å². The Labute approximate surface area is 143 Å². The number of para-hydroxylation sites is 1. The molecule has 1 aromatic heterocycles. The largest absolute Gasteiger partial charge is 0.496 e. The molecule has 2 unspecified atom stereocenters. The SMILES string of the molecule is COCCc1nccn1CC1CCOC(c2ccccc2OC)C1. The summed E-state index contributed by atoms with van der Waals surface area (Å²) in [5, 5.41) is 0. The molecule has 0 spiro atoms. The highest BCUT2D eigenvalue weighted by Crippen LogP contribution is 2.36. The predicted molar refractivity (Wildman–Crippen MR) is 92.2 cm³/mol. The van der Waals surface area contributed by atoms with Crippen molar-refractivity contribution in [3.8, 4) is 5.75 Å². The smallest absolute Gasteiger partial charge is 0.124 e. The number of rotatable bonds is 7. The topological polar surface area (TPSA) is 45.5 Å². The van der Waals surface area contributed by atoms with Gasteiger partial charge in [-0.15, -0.1) is 0 Å². The van der Waals surface area contributed by atoms with Crippen LogP contribution >= 0.6 is 0 Å². The van der Waals surface area contributed by atoms with Crippen LogP contribution in [-0.2, 0) is 22.4 Å². The third-order valence-electron chi connectivity index (χ3n) is 4.66. The first-order valence-electron chi connectivity index (χ1n) is 8.55. The fourth-order valence-electron chi connectivity index (χ4n) is 3.39. The van der Waals surface area contributed by atoms with Gasteiger partial charge in [-0.2, -0.15) is 0 Å². The van der Waals surface area contributed by atoms with Gasteiger partial charge >= 0.3 is 0 Å². The van der Waals surface area contributed by atoms with Crippen LogP contribution in [0.1, 0.15) is 30.3 Å². The quantitative estimate of drug-likeness (QED) is 0.782. The first-order valence-corrected chi connectivity index (χ1v) is 8.55. The number of aromatic nitrogens is 2. The summed E-state index contributed by atoms with van der Waals surface area (Å²) in [7, 11) is 3.44. The molecular formula is C19H26N2O3. The van der Waals surface area contributed by atoms with E-state index in [1.165, 1.54) is 0 Å². The Morgan fingerprint density at radius 3 is 3.00 bits per heavy atom. The van der Waals surface area contributed by atoms with E-state index in [2.05, 4.69) is 21.8 Å². The highest BCUT2D eigenvalue weighted by atomic mass is 16.5. The van der Waals surface area contributed by atoms with Crippen LogP contribution in [0, 0.1) is 5.92 Å². The maximum Gasteiger partial charge on any atom is 0.124 e. The molecule has 1 aliphatic heterocycles. The molecule has 1 saturated heterocycles. The summed E-state index contributed by atoms with van der Waals surface area (Å²) in [6.07, 6.45) is 6.98. The summed E-state index contributed by atoms with van der Waals surface area (Å²) < 4.78 is 19.0. The Bertz CT molecular complexity index is 641. The van der Waals surface area contributed by atoms with Gasteiger partial charge in [0.25, 0.3) is 0 Å². The highest BCUT2D eigenvalue weighted by molar-refractivity contribution is 5.35. The molecule has 2 aromatic rings. The van der Waals surface area contributed by atoms with Gasteiger partial charge in [0.1, 0.15) is 11.6 Å². The lowest BCUT2D eigenvalue weighted by Crippen LogP contribution is -2.24. The van der Waals surface area contributed by atoms with E-state index >= 15 is 0 Å². The number of nitrogens with zero attached hydrogens (tertiary/aromatic N) is 2. The zero-order valence-electron chi connectivity index (χ0n) is 14.5. The summed E-state index contributed by atoms with van der Waals surface area (Å²) >= 11 is 0. The standard InChI is InChI=1S/C19H26N2O3/c1-22-11-8-19-20-9-10-21(19)14-15-7-12-24-18(13-15)16-5-3-4-6-17(16)23-2/h3-6,9-10,15,18H,7-8,11-14H2,1-2H3. The number of benzene rings is 1. The molecule has 0 radical (unpaired) electrons. The van der Waals surface area contributed by atoms with Gasteiger partial charge in [-0.05, 0) is 24.8 Å². The minimum atomic E-state index is 0.103. The van der Waals surface area contributed by atoms with E-state index in [9.17, 15) is 0 Å². The molecule has 2 atom stereocenters. The van der Waals surface area contributed by atoms with Crippen LogP contribution < -0.4 is 4.74 Å². The van der Waals surface area contributed by atoms with Crippen molar-refractivity contribution in [1.29, 1.82) is 0 Å². The van der Waals surface area contributed by atoms with Crippen LogP contribution in [-0.4, -0.2) is 37.0 Å². The van der Waals surface area contributed by atoms with E-state index in [-0.39, 0.29) is 6.10 Å². The van der Waals surface area contributed by atoms with Gasteiger partial charge in [-0.1, -0.05) is 18.2 Å². The molecule has 0 saturated carbocycles. The second-order valence-electron chi connectivity index (χ2n) is 6.23. The average Bonchev–Trinajstić information content (AvgIpc) is 3.07. The van der Waals surface area contributed by atoms with E-state index in [4.69, 9.17) is 14.2 Å². The second kappa shape index (κ2) is 8.31. The van der Waals surface area contributed by atoms with Crippen LogP contribution in [0.3, 0.4) is 0 Å². The maximum atomic E-state index is 6.03. The molecular weight excluding hydrogens is 304 g/mol. The third kappa shape index (κ3) is 3.97. The van der Waals surface area contributed by atoms with Gasteiger partial charge in [0, 0.05) is 44.6 Å². The Morgan fingerprint density at radius 1 is 1.29 bits per heavy atom. The van der Waals surface area contributed by atoms with Gasteiger partial charge in [-0.3, -0.25) is 0 Å². The molecule has 0 bridgehead atoms. The van der Waals surface area contributed by atoms with Crippen molar-refractivity contribution < 1.29 is 14.2 Å². The van der Waals surface area contributed by atoms with Crippen molar-refractivity contribution in [1.82, 2.24) is 9.55 Å². The van der Waals surface area contributed by atoms with Gasteiger partial charge in [0.15, 0.2) is 0 Å². The molecule has 5 heteroatoms. The van der Waals surface area contributed by atoms with Gasteiger partial charge < -0.3 is 18.8 Å². The summed E-state index contributed by atoms with van der Waals surface area (Å²) in [5.41, 5.74) is 1.15. The Kier molecular flexibility index (Phi) is 5.88. The van der Waals surface area contributed by atoms with E-state index in [1.807, 2.05) is 24.4 Å². The van der Waals surface area contributed by atoms with Crippen molar-refractivity contribution in [2.24, 2.45) is 5.92 Å². The Balaban J connectivity index is 1.67. The van der Waals surface area contributed by atoms with Gasteiger partial charge in [-0.25, -0.2) is 4.98 Å². The first kappa shape index (κ1) is 17.0. The number of hydrogen-bond donors (Lipinski definition) is 0. The summed E-state index contributed by atoms with van der Waals surface area (Å²) in [6.45, 7) is 2.47. The minimum absolute atomic E-state index is 0.103. The second-order valence-corrected chi connectivity index (χ2v) is 6.23. The lowest BCUT2D eigenvalue weighted by atomic mass is 9.91. The normalized spacial score (nSPS) is 20.9. The Hall–Kier alpha value is -1.85. The molecule has 0 amide bonds. The van der Waals surface area contributed by atoms with E-state index in [1.54, 1.807) is 14.2 Å². The highest BCUT2D eigenvalue weighted by Gasteiger charge is 2.26. The zero-order chi connectivity index (χ0) is 16.8.